The molecule has 23 heavy (non-hydrogen) atoms. The standard InChI is InChI=1S/C15H11BrClN5O/c16-10-3-4-14(17)13(6-10)15(23)19-7-11-9-22(21-20-11)12-2-1-5-18-8-12/h1-6,8-9H,7H2,(H,19,23). The topological polar surface area (TPSA) is 72.7 Å². The fourth-order valence-corrected chi connectivity index (χ4v) is 2.50. The third-order valence-electron chi connectivity index (χ3n) is 3.05. The molecule has 0 spiro atoms. The van der Waals surface area contributed by atoms with E-state index in [1.54, 1.807) is 41.5 Å². The van der Waals surface area contributed by atoms with Crippen LogP contribution in [0.25, 0.3) is 5.69 Å². The van der Waals surface area contributed by atoms with E-state index in [0.717, 1.165) is 10.2 Å². The van der Waals surface area contributed by atoms with Gasteiger partial charge < -0.3 is 5.32 Å². The molecule has 0 aliphatic carbocycles. The SMILES string of the molecule is O=C(NCc1cn(-c2cccnc2)nn1)c1cc(Br)ccc1Cl. The van der Waals surface area contributed by atoms with Crippen molar-refractivity contribution in [2.24, 2.45) is 0 Å². The minimum absolute atomic E-state index is 0.252. The molecule has 0 radical (unpaired) electrons. The normalized spacial score (nSPS) is 10.5. The summed E-state index contributed by atoms with van der Waals surface area (Å²) in [6.45, 7) is 0.252. The van der Waals surface area contributed by atoms with Crippen LogP contribution in [0.15, 0.2) is 53.4 Å². The largest absolute Gasteiger partial charge is 0.346 e. The van der Waals surface area contributed by atoms with Crippen LogP contribution >= 0.6 is 27.5 Å². The zero-order chi connectivity index (χ0) is 16.2. The predicted octanol–water partition coefficient (Wildman–Crippen LogP) is 3.01. The molecule has 0 saturated carbocycles. The average molecular weight is 393 g/mol. The third kappa shape index (κ3) is 3.75. The lowest BCUT2D eigenvalue weighted by atomic mass is 10.2. The van der Waals surface area contributed by atoms with Crippen molar-refractivity contribution in [3.05, 3.63) is 69.7 Å². The number of carbonyl (C=O) groups is 1. The molecule has 0 saturated heterocycles. The molecule has 2 heterocycles. The number of nitrogens with zero attached hydrogens (tertiary/aromatic N) is 4. The van der Waals surface area contributed by atoms with Gasteiger partial charge in [0.25, 0.3) is 5.91 Å². The van der Waals surface area contributed by atoms with Crippen LogP contribution in [0.4, 0.5) is 0 Å². The van der Waals surface area contributed by atoms with Crippen molar-refractivity contribution >= 4 is 33.4 Å². The lowest BCUT2D eigenvalue weighted by Crippen LogP contribution is -2.23. The molecule has 0 aliphatic rings. The van der Waals surface area contributed by atoms with Gasteiger partial charge >= 0.3 is 0 Å². The van der Waals surface area contributed by atoms with Crippen LogP contribution in [0.5, 0.6) is 0 Å². The maximum absolute atomic E-state index is 12.2. The van der Waals surface area contributed by atoms with Gasteiger partial charge in [-0.3, -0.25) is 9.78 Å². The van der Waals surface area contributed by atoms with E-state index in [9.17, 15) is 4.79 Å². The van der Waals surface area contributed by atoms with Gasteiger partial charge in [-0.25, -0.2) is 4.68 Å². The fraction of sp³-hybridized carbons (Fsp3) is 0.0667. The Kier molecular flexibility index (Phi) is 4.68. The first-order valence-electron chi connectivity index (χ1n) is 6.68. The molecule has 1 aromatic carbocycles. The zero-order valence-electron chi connectivity index (χ0n) is 11.8. The Morgan fingerprint density at radius 3 is 3.00 bits per heavy atom. The van der Waals surface area contributed by atoms with Crippen LogP contribution in [0.3, 0.4) is 0 Å². The van der Waals surface area contributed by atoms with E-state index in [1.165, 1.54) is 0 Å². The highest BCUT2D eigenvalue weighted by Gasteiger charge is 2.11. The quantitative estimate of drug-likeness (QED) is 0.741. The van der Waals surface area contributed by atoms with Gasteiger partial charge in [0.2, 0.25) is 0 Å². The number of halogens is 2. The van der Waals surface area contributed by atoms with E-state index in [-0.39, 0.29) is 12.5 Å². The van der Waals surface area contributed by atoms with Crippen LogP contribution in [-0.4, -0.2) is 25.9 Å². The van der Waals surface area contributed by atoms with E-state index in [2.05, 4.69) is 36.5 Å². The highest BCUT2D eigenvalue weighted by atomic mass is 79.9. The van der Waals surface area contributed by atoms with Crippen molar-refractivity contribution in [3.8, 4) is 5.69 Å². The molecule has 1 amide bonds. The van der Waals surface area contributed by atoms with E-state index < -0.39 is 0 Å². The number of hydrogen-bond acceptors (Lipinski definition) is 4. The highest BCUT2D eigenvalue weighted by molar-refractivity contribution is 9.10. The Labute approximate surface area is 145 Å². The van der Waals surface area contributed by atoms with Crippen LogP contribution in [0.1, 0.15) is 16.1 Å². The maximum Gasteiger partial charge on any atom is 0.253 e. The molecule has 2 aromatic heterocycles. The molecule has 0 bridgehead atoms. The van der Waals surface area contributed by atoms with Crippen molar-refractivity contribution in [2.45, 2.75) is 6.54 Å². The second-order valence-electron chi connectivity index (χ2n) is 4.67. The molecule has 0 atom stereocenters. The first kappa shape index (κ1) is 15.6. The number of carbonyl (C=O) groups excluding carboxylic acids is 1. The summed E-state index contributed by atoms with van der Waals surface area (Å²) in [6.07, 6.45) is 5.10. The summed E-state index contributed by atoms with van der Waals surface area (Å²) in [4.78, 5) is 16.2. The minimum atomic E-state index is -0.271. The van der Waals surface area contributed by atoms with Crippen molar-refractivity contribution in [2.75, 3.05) is 0 Å². The molecule has 0 unspecified atom stereocenters. The molecule has 0 fully saturated rings. The molecular weight excluding hydrogens is 382 g/mol. The molecule has 3 rings (SSSR count). The van der Waals surface area contributed by atoms with E-state index in [1.807, 2.05) is 12.1 Å². The van der Waals surface area contributed by atoms with Crippen molar-refractivity contribution in [3.63, 3.8) is 0 Å². The molecular formula is C15H11BrClN5O. The van der Waals surface area contributed by atoms with Gasteiger partial charge in [-0.15, -0.1) is 5.10 Å². The van der Waals surface area contributed by atoms with E-state index in [0.29, 0.717) is 16.3 Å². The van der Waals surface area contributed by atoms with Gasteiger partial charge in [0, 0.05) is 10.7 Å². The summed E-state index contributed by atoms with van der Waals surface area (Å²) < 4.78 is 2.38. The molecule has 3 aromatic rings. The number of rotatable bonds is 4. The Morgan fingerprint density at radius 2 is 2.22 bits per heavy atom. The van der Waals surface area contributed by atoms with Crippen LogP contribution < -0.4 is 5.32 Å². The average Bonchev–Trinajstić information content (AvgIpc) is 3.05. The second-order valence-corrected chi connectivity index (χ2v) is 6.00. The zero-order valence-corrected chi connectivity index (χ0v) is 14.1. The fourth-order valence-electron chi connectivity index (χ4n) is 1.93. The molecule has 116 valence electrons. The Bertz CT molecular complexity index is 837. The second kappa shape index (κ2) is 6.89. The Balaban J connectivity index is 1.68. The first-order valence-corrected chi connectivity index (χ1v) is 7.85. The molecule has 8 heteroatoms. The van der Waals surface area contributed by atoms with Gasteiger partial charge in [-0.2, -0.15) is 0 Å². The lowest BCUT2D eigenvalue weighted by Gasteiger charge is -2.05. The monoisotopic (exact) mass is 391 g/mol. The van der Waals surface area contributed by atoms with E-state index in [4.69, 9.17) is 11.6 Å². The van der Waals surface area contributed by atoms with Crippen molar-refractivity contribution in [1.29, 1.82) is 0 Å². The molecule has 1 N–H and O–H groups in total. The maximum atomic E-state index is 12.2. The Hall–Kier alpha value is -2.25. The number of amides is 1. The minimum Gasteiger partial charge on any atom is -0.346 e. The first-order chi connectivity index (χ1) is 11.1. The van der Waals surface area contributed by atoms with Gasteiger partial charge in [0.15, 0.2) is 0 Å². The number of hydrogen-bond donors (Lipinski definition) is 1. The van der Waals surface area contributed by atoms with Gasteiger partial charge in [-0.1, -0.05) is 32.7 Å². The number of nitrogens with one attached hydrogen (secondary N) is 1. The third-order valence-corrected chi connectivity index (χ3v) is 3.88. The van der Waals surface area contributed by atoms with Gasteiger partial charge in [-0.05, 0) is 30.3 Å². The number of aromatic nitrogens is 4. The number of benzene rings is 1. The summed E-state index contributed by atoms with van der Waals surface area (Å²) in [5.74, 6) is -0.271. The van der Waals surface area contributed by atoms with Gasteiger partial charge in [0.05, 0.1) is 35.2 Å². The summed E-state index contributed by atoms with van der Waals surface area (Å²) >= 11 is 9.36. The summed E-state index contributed by atoms with van der Waals surface area (Å²) in [7, 11) is 0. The summed E-state index contributed by atoms with van der Waals surface area (Å²) in [5.41, 5.74) is 1.83. The van der Waals surface area contributed by atoms with Crippen LogP contribution in [0, 0.1) is 0 Å². The molecule has 6 nitrogen and oxygen atoms in total. The van der Waals surface area contributed by atoms with Crippen molar-refractivity contribution in [1.82, 2.24) is 25.3 Å². The molecule has 0 aliphatic heterocycles. The lowest BCUT2D eigenvalue weighted by molar-refractivity contribution is 0.0950. The van der Waals surface area contributed by atoms with Gasteiger partial charge in [0.1, 0.15) is 5.69 Å². The highest BCUT2D eigenvalue weighted by Crippen LogP contribution is 2.20. The van der Waals surface area contributed by atoms with Crippen molar-refractivity contribution < 1.29 is 4.79 Å². The predicted molar refractivity (Wildman–Crippen MR) is 89.5 cm³/mol. The van der Waals surface area contributed by atoms with Crippen LogP contribution in [-0.2, 0) is 6.54 Å². The van der Waals surface area contributed by atoms with Crippen LogP contribution in [0.2, 0.25) is 5.02 Å². The summed E-state index contributed by atoms with van der Waals surface area (Å²) in [6, 6.07) is 8.79. The smallest absolute Gasteiger partial charge is 0.253 e. The summed E-state index contributed by atoms with van der Waals surface area (Å²) in [5, 5.41) is 11.2. The number of pyridine rings is 1. The Morgan fingerprint density at radius 1 is 1.35 bits per heavy atom. The van der Waals surface area contributed by atoms with E-state index >= 15 is 0 Å².